The Kier molecular flexibility index (Phi) is 5.28. The summed E-state index contributed by atoms with van der Waals surface area (Å²) in [6, 6.07) is 12.7. The van der Waals surface area contributed by atoms with Crippen molar-refractivity contribution in [2.75, 3.05) is 14.2 Å². The summed E-state index contributed by atoms with van der Waals surface area (Å²) in [4.78, 5) is 16.8. The second kappa shape index (κ2) is 7.62. The minimum Gasteiger partial charge on any atom is -0.497 e. The zero-order valence-corrected chi connectivity index (χ0v) is 15.5. The SMILES string of the molecule is COc1ccc(C(=O)OCc2cc3ccc(C)cc3nc2Cl)c(OC)c1. The Morgan fingerprint density at radius 1 is 1.08 bits per heavy atom. The normalized spacial score (nSPS) is 10.6. The molecular formula is C20H18ClNO4. The highest BCUT2D eigenvalue weighted by Crippen LogP contribution is 2.26. The van der Waals surface area contributed by atoms with Gasteiger partial charge in [-0.25, -0.2) is 9.78 Å². The van der Waals surface area contributed by atoms with Gasteiger partial charge < -0.3 is 14.2 Å². The largest absolute Gasteiger partial charge is 0.497 e. The third kappa shape index (κ3) is 3.73. The van der Waals surface area contributed by atoms with Gasteiger partial charge in [0.15, 0.2) is 0 Å². The number of halogens is 1. The van der Waals surface area contributed by atoms with Crippen molar-refractivity contribution < 1.29 is 19.0 Å². The van der Waals surface area contributed by atoms with E-state index in [-0.39, 0.29) is 6.61 Å². The summed E-state index contributed by atoms with van der Waals surface area (Å²) < 4.78 is 15.8. The van der Waals surface area contributed by atoms with Crippen molar-refractivity contribution in [1.82, 2.24) is 4.98 Å². The summed E-state index contributed by atoms with van der Waals surface area (Å²) >= 11 is 6.24. The summed E-state index contributed by atoms with van der Waals surface area (Å²) in [6.45, 7) is 2.01. The maximum Gasteiger partial charge on any atom is 0.342 e. The molecule has 0 bridgehead atoms. The third-order valence-electron chi connectivity index (χ3n) is 3.99. The lowest BCUT2D eigenvalue weighted by atomic mass is 10.1. The molecule has 0 radical (unpaired) electrons. The van der Waals surface area contributed by atoms with Gasteiger partial charge in [0.25, 0.3) is 0 Å². The van der Waals surface area contributed by atoms with Crippen molar-refractivity contribution in [2.45, 2.75) is 13.5 Å². The molecule has 0 fully saturated rings. The molecule has 0 unspecified atom stereocenters. The van der Waals surface area contributed by atoms with Gasteiger partial charge in [-0.3, -0.25) is 0 Å². The summed E-state index contributed by atoms with van der Waals surface area (Å²) in [7, 11) is 3.03. The maximum atomic E-state index is 12.4. The monoisotopic (exact) mass is 371 g/mol. The van der Waals surface area contributed by atoms with Gasteiger partial charge >= 0.3 is 5.97 Å². The van der Waals surface area contributed by atoms with Gasteiger partial charge in [0, 0.05) is 17.0 Å². The van der Waals surface area contributed by atoms with Gasteiger partial charge in [0.2, 0.25) is 0 Å². The predicted molar refractivity (Wildman–Crippen MR) is 100 cm³/mol. The van der Waals surface area contributed by atoms with E-state index >= 15 is 0 Å². The molecule has 1 aromatic heterocycles. The third-order valence-corrected chi connectivity index (χ3v) is 4.31. The van der Waals surface area contributed by atoms with Gasteiger partial charge in [-0.1, -0.05) is 23.7 Å². The molecule has 6 heteroatoms. The molecule has 5 nitrogen and oxygen atoms in total. The first-order valence-corrected chi connectivity index (χ1v) is 8.34. The van der Waals surface area contributed by atoms with Gasteiger partial charge in [-0.2, -0.15) is 0 Å². The van der Waals surface area contributed by atoms with Crippen molar-refractivity contribution in [3.63, 3.8) is 0 Å². The number of hydrogen-bond acceptors (Lipinski definition) is 5. The van der Waals surface area contributed by atoms with Gasteiger partial charge in [0.1, 0.15) is 28.8 Å². The molecule has 0 aliphatic heterocycles. The molecule has 0 atom stereocenters. The van der Waals surface area contributed by atoms with Crippen LogP contribution in [0.3, 0.4) is 0 Å². The Hall–Kier alpha value is -2.79. The highest BCUT2D eigenvalue weighted by atomic mass is 35.5. The molecule has 0 spiro atoms. The second-order valence-corrected chi connectivity index (χ2v) is 6.13. The molecule has 0 saturated heterocycles. The van der Waals surface area contributed by atoms with Crippen LogP contribution in [0.15, 0.2) is 42.5 Å². The number of fused-ring (bicyclic) bond motifs is 1. The molecule has 0 amide bonds. The number of pyridine rings is 1. The number of methoxy groups -OCH3 is 2. The van der Waals surface area contributed by atoms with Crippen LogP contribution in [0.25, 0.3) is 10.9 Å². The van der Waals surface area contributed by atoms with Crippen LogP contribution in [0.1, 0.15) is 21.5 Å². The topological polar surface area (TPSA) is 57.7 Å². The number of nitrogens with zero attached hydrogens (tertiary/aromatic N) is 1. The fraction of sp³-hybridized carbons (Fsp3) is 0.200. The Balaban J connectivity index is 1.80. The van der Waals surface area contributed by atoms with Crippen LogP contribution in [-0.2, 0) is 11.3 Å². The number of carbonyl (C=O) groups excluding carboxylic acids is 1. The minimum absolute atomic E-state index is 0.0175. The highest BCUT2D eigenvalue weighted by molar-refractivity contribution is 6.30. The van der Waals surface area contributed by atoms with E-state index in [0.29, 0.717) is 27.8 Å². The van der Waals surface area contributed by atoms with E-state index in [1.54, 1.807) is 25.3 Å². The molecule has 1 heterocycles. The van der Waals surface area contributed by atoms with E-state index in [2.05, 4.69) is 4.98 Å². The van der Waals surface area contributed by atoms with E-state index in [9.17, 15) is 4.79 Å². The lowest BCUT2D eigenvalue weighted by molar-refractivity contribution is 0.0469. The van der Waals surface area contributed by atoms with Gasteiger partial charge in [-0.15, -0.1) is 0 Å². The first-order valence-electron chi connectivity index (χ1n) is 7.96. The molecule has 2 aromatic carbocycles. The van der Waals surface area contributed by atoms with Crippen molar-refractivity contribution in [3.05, 3.63) is 64.3 Å². The Labute approximate surface area is 156 Å². The van der Waals surface area contributed by atoms with Crippen LogP contribution >= 0.6 is 11.6 Å². The summed E-state index contributed by atoms with van der Waals surface area (Å²) in [5, 5.41) is 1.26. The van der Waals surface area contributed by atoms with Crippen molar-refractivity contribution in [1.29, 1.82) is 0 Å². The molecule has 3 aromatic rings. The van der Waals surface area contributed by atoms with Crippen LogP contribution in [-0.4, -0.2) is 25.2 Å². The number of aryl methyl sites for hydroxylation is 1. The molecule has 0 aliphatic carbocycles. The molecule has 0 N–H and O–H groups in total. The second-order valence-electron chi connectivity index (χ2n) is 5.78. The fourth-order valence-corrected chi connectivity index (χ4v) is 2.79. The van der Waals surface area contributed by atoms with Gasteiger partial charge in [0.05, 0.1) is 19.7 Å². The van der Waals surface area contributed by atoms with Crippen LogP contribution in [0.2, 0.25) is 5.15 Å². The standard InChI is InChI=1S/C20H18ClNO4/c1-12-4-5-13-9-14(19(21)22-17(13)8-12)11-26-20(23)16-7-6-15(24-2)10-18(16)25-3/h4-10H,11H2,1-3H3. The lowest BCUT2D eigenvalue weighted by Gasteiger charge is -2.11. The fourth-order valence-electron chi connectivity index (χ4n) is 2.59. The zero-order chi connectivity index (χ0) is 18.7. The Morgan fingerprint density at radius 3 is 2.62 bits per heavy atom. The number of hydrogen-bond donors (Lipinski definition) is 0. The lowest BCUT2D eigenvalue weighted by Crippen LogP contribution is -2.08. The summed E-state index contributed by atoms with van der Waals surface area (Å²) in [5.74, 6) is 0.465. The highest BCUT2D eigenvalue weighted by Gasteiger charge is 2.16. The van der Waals surface area contributed by atoms with E-state index in [4.69, 9.17) is 25.8 Å². The average molecular weight is 372 g/mol. The van der Waals surface area contributed by atoms with Crippen molar-refractivity contribution >= 4 is 28.5 Å². The van der Waals surface area contributed by atoms with E-state index in [0.717, 1.165) is 16.5 Å². The first kappa shape index (κ1) is 18.0. The number of esters is 1. The van der Waals surface area contributed by atoms with Crippen molar-refractivity contribution in [3.8, 4) is 11.5 Å². The molecule has 134 valence electrons. The molecule has 0 saturated carbocycles. The maximum absolute atomic E-state index is 12.4. The zero-order valence-electron chi connectivity index (χ0n) is 14.7. The number of ether oxygens (including phenoxy) is 3. The molecule has 0 aliphatic rings. The van der Waals surface area contributed by atoms with Crippen LogP contribution in [0.4, 0.5) is 0 Å². The molecule has 26 heavy (non-hydrogen) atoms. The first-order chi connectivity index (χ1) is 12.5. The summed E-state index contributed by atoms with van der Waals surface area (Å²) in [6.07, 6.45) is 0. The van der Waals surface area contributed by atoms with E-state index in [1.165, 1.54) is 7.11 Å². The number of aromatic nitrogens is 1. The van der Waals surface area contributed by atoms with E-state index < -0.39 is 5.97 Å². The average Bonchev–Trinajstić information content (AvgIpc) is 2.65. The molecule has 3 rings (SSSR count). The van der Waals surface area contributed by atoms with Gasteiger partial charge in [-0.05, 0) is 36.8 Å². The van der Waals surface area contributed by atoms with E-state index in [1.807, 2.05) is 31.2 Å². The number of carbonyl (C=O) groups is 1. The minimum atomic E-state index is -0.510. The predicted octanol–water partition coefficient (Wildman–Crippen LogP) is 4.57. The smallest absolute Gasteiger partial charge is 0.342 e. The van der Waals surface area contributed by atoms with Crippen LogP contribution < -0.4 is 9.47 Å². The molecular weight excluding hydrogens is 354 g/mol. The quantitative estimate of drug-likeness (QED) is 0.485. The number of benzene rings is 2. The Bertz CT molecular complexity index is 971. The summed E-state index contributed by atoms with van der Waals surface area (Å²) in [5.41, 5.74) is 2.87. The van der Waals surface area contributed by atoms with Crippen LogP contribution in [0.5, 0.6) is 11.5 Å². The van der Waals surface area contributed by atoms with Crippen molar-refractivity contribution in [2.24, 2.45) is 0 Å². The Morgan fingerprint density at radius 2 is 1.88 bits per heavy atom. The van der Waals surface area contributed by atoms with Crippen LogP contribution in [0, 0.1) is 6.92 Å². The number of rotatable bonds is 5.